The monoisotopic (exact) mass is 274 g/mol. The zero-order chi connectivity index (χ0) is 14.4. The summed E-state index contributed by atoms with van der Waals surface area (Å²) in [5.41, 5.74) is 6.60. The van der Waals surface area contributed by atoms with Crippen LogP contribution in [-0.4, -0.2) is 22.3 Å². The van der Waals surface area contributed by atoms with E-state index in [9.17, 15) is 4.79 Å². The smallest absolute Gasteiger partial charge is 0.223 e. The number of anilines is 1. The molecule has 2 aromatic rings. The van der Waals surface area contributed by atoms with Crippen LogP contribution in [-0.2, 0) is 18.4 Å². The molecule has 0 spiro atoms. The molecule has 6 heteroatoms. The highest BCUT2D eigenvalue weighted by molar-refractivity contribution is 5.76. The fourth-order valence-corrected chi connectivity index (χ4v) is 1.69. The van der Waals surface area contributed by atoms with E-state index in [1.54, 1.807) is 17.9 Å². The summed E-state index contributed by atoms with van der Waals surface area (Å²) in [6.45, 7) is 0.724. The second kappa shape index (κ2) is 6.60. The Kier molecular flexibility index (Phi) is 4.60. The fraction of sp³-hybridized carbons (Fsp3) is 0.286. The molecule has 1 aromatic heterocycles. The van der Waals surface area contributed by atoms with Gasteiger partial charge in [0.25, 0.3) is 0 Å². The standard InChI is InChI=1S/C14H18N4O2/c1-18-14(15)11(10-17-18)9-16-13(19)7-8-20-12-5-3-2-4-6-12/h2-6,10H,7-9,15H2,1H3,(H,16,19). The lowest BCUT2D eigenvalue weighted by Gasteiger charge is -2.07. The van der Waals surface area contributed by atoms with Gasteiger partial charge in [-0.05, 0) is 12.1 Å². The van der Waals surface area contributed by atoms with Gasteiger partial charge in [-0.1, -0.05) is 18.2 Å². The summed E-state index contributed by atoms with van der Waals surface area (Å²) in [5, 5.41) is 6.80. The van der Waals surface area contributed by atoms with E-state index in [1.165, 1.54) is 0 Å². The number of hydrogen-bond donors (Lipinski definition) is 2. The van der Waals surface area contributed by atoms with Gasteiger partial charge in [-0.15, -0.1) is 0 Å². The molecule has 20 heavy (non-hydrogen) atoms. The van der Waals surface area contributed by atoms with E-state index in [0.717, 1.165) is 11.3 Å². The quantitative estimate of drug-likeness (QED) is 0.826. The molecule has 0 aliphatic carbocycles. The van der Waals surface area contributed by atoms with Gasteiger partial charge < -0.3 is 15.8 Å². The number of nitrogens with zero attached hydrogens (tertiary/aromatic N) is 2. The van der Waals surface area contributed by atoms with E-state index in [-0.39, 0.29) is 5.91 Å². The minimum atomic E-state index is -0.0795. The number of nitrogens with one attached hydrogen (secondary N) is 1. The molecular formula is C14H18N4O2. The number of nitrogens with two attached hydrogens (primary N) is 1. The van der Waals surface area contributed by atoms with Crippen molar-refractivity contribution in [1.82, 2.24) is 15.1 Å². The fourth-order valence-electron chi connectivity index (χ4n) is 1.69. The maximum atomic E-state index is 11.7. The molecule has 6 nitrogen and oxygen atoms in total. The molecular weight excluding hydrogens is 256 g/mol. The van der Waals surface area contributed by atoms with Crippen molar-refractivity contribution in [3.05, 3.63) is 42.1 Å². The lowest BCUT2D eigenvalue weighted by atomic mass is 10.3. The van der Waals surface area contributed by atoms with Crippen LogP contribution in [0.5, 0.6) is 5.75 Å². The highest BCUT2D eigenvalue weighted by Gasteiger charge is 2.07. The Morgan fingerprint density at radius 1 is 1.40 bits per heavy atom. The van der Waals surface area contributed by atoms with Gasteiger partial charge in [-0.25, -0.2) is 0 Å². The van der Waals surface area contributed by atoms with E-state index < -0.39 is 0 Å². The largest absolute Gasteiger partial charge is 0.493 e. The lowest BCUT2D eigenvalue weighted by molar-refractivity contribution is -0.121. The lowest BCUT2D eigenvalue weighted by Crippen LogP contribution is -2.24. The molecule has 1 aromatic carbocycles. The Bertz CT molecular complexity index is 566. The number of carbonyl (C=O) groups is 1. The number of benzene rings is 1. The summed E-state index contributed by atoms with van der Waals surface area (Å²) in [6, 6.07) is 9.40. The molecule has 1 amide bonds. The predicted molar refractivity (Wildman–Crippen MR) is 76.0 cm³/mol. The Labute approximate surface area is 117 Å². The van der Waals surface area contributed by atoms with Crippen molar-refractivity contribution in [1.29, 1.82) is 0 Å². The molecule has 1 heterocycles. The molecule has 0 fully saturated rings. The van der Waals surface area contributed by atoms with Gasteiger partial charge in [0.2, 0.25) is 5.91 Å². The molecule has 0 saturated heterocycles. The minimum absolute atomic E-state index is 0.0795. The second-order valence-corrected chi connectivity index (χ2v) is 4.37. The Balaban J connectivity index is 1.69. The predicted octanol–water partition coefficient (Wildman–Crippen LogP) is 1.09. The summed E-state index contributed by atoms with van der Waals surface area (Å²) in [4.78, 5) is 11.7. The third-order valence-corrected chi connectivity index (χ3v) is 2.88. The highest BCUT2D eigenvalue weighted by Crippen LogP contribution is 2.09. The zero-order valence-corrected chi connectivity index (χ0v) is 11.4. The molecule has 0 saturated carbocycles. The van der Waals surface area contributed by atoms with E-state index in [2.05, 4.69) is 10.4 Å². The number of aryl methyl sites for hydroxylation is 1. The molecule has 0 bridgehead atoms. The van der Waals surface area contributed by atoms with Gasteiger partial charge in [0.1, 0.15) is 11.6 Å². The van der Waals surface area contributed by atoms with Crippen molar-refractivity contribution in [2.75, 3.05) is 12.3 Å². The van der Waals surface area contributed by atoms with Crippen molar-refractivity contribution in [3.63, 3.8) is 0 Å². The van der Waals surface area contributed by atoms with E-state index >= 15 is 0 Å². The van der Waals surface area contributed by atoms with Crippen molar-refractivity contribution < 1.29 is 9.53 Å². The first-order valence-corrected chi connectivity index (χ1v) is 6.37. The highest BCUT2D eigenvalue weighted by atomic mass is 16.5. The van der Waals surface area contributed by atoms with Crippen LogP contribution < -0.4 is 15.8 Å². The average Bonchev–Trinajstić information content (AvgIpc) is 2.78. The number of rotatable bonds is 6. The van der Waals surface area contributed by atoms with Gasteiger partial charge in [-0.2, -0.15) is 5.10 Å². The van der Waals surface area contributed by atoms with Crippen molar-refractivity contribution >= 4 is 11.7 Å². The first-order chi connectivity index (χ1) is 9.66. The van der Waals surface area contributed by atoms with Gasteiger partial charge in [0.05, 0.1) is 19.2 Å². The van der Waals surface area contributed by atoms with Gasteiger partial charge in [0, 0.05) is 19.2 Å². The van der Waals surface area contributed by atoms with E-state index in [0.29, 0.717) is 25.4 Å². The number of hydrogen-bond acceptors (Lipinski definition) is 4. The minimum Gasteiger partial charge on any atom is -0.493 e. The number of nitrogen functional groups attached to an aromatic ring is 1. The molecule has 0 atom stereocenters. The van der Waals surface area contributed by atoms with E-state index in [4.69, 9.17) is 10.5 Å². The molecule has 0 radical (unpaired) electrons. The molecule has 106 valence electrons. The Hall–Kier alpha value is -2.50. The summed E-state index contributed by atoms with van der Waals surface area (Å²) in [6.07, 6.45) is 1.95. The molecule has 2 rings (SSSR count). The zero-order valence-electron chi connectivity index (χ0n) is 11.4. The third-order valence-electron chi connectivity index (χ3n) is 2.88. The second-order valence-electron chi connectivity index (χ2n) is 4.37. The number of ether oxygens (including phenoxy) is 1. The molecule has 0 aliphatic rings. The molecule has 0 unspecified atom stereocenters. The summed E-state index contributed by atoms with van der Waals surface area (Å²) < 4.78 is 7.02. The van der Waals surface area contributed by atoms with Gasteiger partial charge in [0.15, 0.2) is 0 Å². The number of para-hydroxylation sites is 1. The van der Waals surface area contributed by atoms with Gasteiger partial charge >= 0.3 is 0 Å². The van der Waals surface area contributed by atoms with Crippen molar-refractivity contribution in [2.24, 2.45) is 7.05 Å². The maximum Gasteiger partial charge on any atom is 0.223 e. The molecule has 3 N–H and O–H groups in total. The van der Waals surface area contributed by atoms with Crippen LogP contribution in [0.3, 0.4) is 0 Å². The SMILES string of the molecule is Cn1ncc(CNC(=O)CCOc2ccccc2)c1N. The van der Waals surface area contributed by atoms with E-state index in [1.807, 2.05) is 30.3 Å². The Morgan fingerprint density at radius 2 is 2.15 bits per heavy atom. The number of carbonyl (C=O) groups excluding carboxylic acids is 1. The number of aromatic nitrogens is 2. The molecule has 0 aliphatic heterocycles. The first-order valence-electron chi connectivity index (χ1n) is 6.37. The van der Waals surface area contributed by atoms with Crippen LogP contribution in [0.25, 0.3) is 0 Å². The number of amides is 1. The Morgan fingerprint density at radius 3 is 2.80 bits per heavy atom. The van der Waals surface area contributed by atoms with Crippen LogP contribution in [0, 0.1) is 0 Å². The maximum absolute atomic E-state index is 11.7. The van der Waals surface area contributed by atoms with Crippen LogP contribution in [0.2, 0.25) is 0 Å². The summed E-state index contributed by atoms with van der Waals surface area (Å²) in [5.74, 6) is 1.24. The van der Waals surface area contributed by atoms with Crippen LogP contribution in [0.1, 0.15) is 12.0 Å². The van der Waals surface area contributed by atoms with Gasteiger partial charge in [-0.3, -0.25) is 9.48 Å². The third kappa shape index (κ3) is 3.74. The topological polar surface area (TPSA) is 82.2 Å². The van der Waals surface area contributed by atoms with Crippen LogP contribution in [0.15, 0.2) is 36.5 Å². The summed E-state index contributed by atoms with van der Waals surface area (Å²) in [7, 11) is 1.76. The average molecular weight is 274 g/mol. The first kappa shape index (κ1) is 13.9. The van der Waals surface area contributed by atoms with Crippen molar-refractivity contribution in [3.8, 4) is 5.75 Å². The van der Waals surface area contributed by atoms with Crippen molar-refractivity contribution in [2.45, 2.75) is 13.0 Å². The summed E-state index contributed by atoms with van der Waals surface area (Å²) >= 11 is 0. The normalized spacial score (nSPS) is 10.2. The van der Waals surface area contributed by atoms with Crippen LogP contribution in [0.4, 0.5) is 5.82 Å². The van der Waals surface area contributed by atoms with Crippen LogP contribution >= 0.6 is 0 Å².